The third-order valence-corrected chi connectivity index (χ3v) is 3.75. The largest absolute Gasteiger partial charge is 0.354 e. The Morgan fingerprint density at radius 1 is 1.47 bits per heavy atom. The van der Waals surface area contributed by atoms with Crippen molar-refractivity contribution in [1.82, 2.24) is 10.2 Å². The van der Waals surface area contributed by atoms with E-state index >= 15 is 0 Å². The van der Waals surface area contributed by atoms with Crippen LogP contribution in [0, 0.1) is 0 Å². The minimum Gasteiger partial charge on any atom is -0.354 e. The van der Waals surface area contributed by atoms with E-state index in [0.717, 1.165) is 19.5 Å². The van der Waals surface area contributed by atoms with Crippen LogP contribution in [0.3, 0.4) is 0 Å². The molecule has 0 unspecified atom stereocenters. The fourth-order valence-corrected chi connectivity index (χ4v) is 1.44. The van der Waals surface area contributed by atoms with Crippen LogP contribution >= 0.6 is 11.8 Å². The zero-order valence-electron chi connectivity index (χ0n) is 10.5. The van der Waals surface area contributed by atoms with E-state index in [-0.39, 0.29) is 11.2 Å². The van der Waals surface area contributed by atoms with E-state index in [0.29, 0.717) is 6.04 Å². The standard InChI is InChI=1S/C11H24N2OS/c1-6-9(2)13(4)8-7-12-11(14)10(3)15-5/h9-10H,6-8H2,1-5H3,(H,12,14)/t9-,10+/m1/s1. The Labute approximate surface area is 98.0 Å². The van der Waals surface area contributed by atoms with Crippen LogP contribution in [0.2, 0.25) is 0 Å². The molecule has 0 fully saturated rings. The molecule has 0 aromatic rings. The van der Waals surface area contributed by atoms with Crippen molar-refractivity contribution < 1.29 is 4.79 Å². The summed E-state index contributed by atoms with van der Waals surface area (Å²) in [6.45, 7) is 7.96. The Hall–Kier alpha value is -0.220. The van der Waals surface area contributed by atoms with E-state index in [1.165, 1.54) is 0 Å². The number of hydrogen-bond acceptors (Lipinski definition) is 3. The normalized spacial score (nSPS) is 15.1. The molecule has 0 bridgehead atoms. The quantitative estimate of drug-likeness (QED) is 0.723. The summed E-state index contributed by atoms with van der Waals surface area (Å²) in [6.07, 6.45) is 3.10. The summed E-state index contributed by atoms with van der Waals surface area (Å²) in [4.78, 5) is 13.7. The molecule has 15 heavy (non-hydrogen) atoms. The van der Waals surface area contributed by atoms with Crippen LogP contribution in [0.4, 0.5) is 0 Å². The number of carbonyl (C=O) groups excluding carboxylic acids is 1. The predicted molar refractivity (Wildman–Crippen MR) is 68.4 cm³/mol. The number of amides is 1. The molecule has 4 heteroatoms. The second kappa shape index (κ2) is 7.99. The smallest absolute Gasteiger partial charge is 0.232 e. The fraction of sp³-hybridized carbons (Fsp3) is 0.909. The number of thioether (sulfide) groups is 1. The zero-order chi connectivity index (χ0) is 11.8. The maximum atomic E-state index is 11.4. The molecule has 0 aromatic carbocycles. The van der Waals surface area contributed by atoms with Gasteiger partial charge >= 0.3 is 0 Å². The van der Waals surface area contributed by atoms with Gasteiger partial charge < -0.3 is 10.2 Å². The third kappa shape index (κ3) is 6.05. The number of nitrogens with zero attached hydrogens (tertiary/aromatic N) is 1. The average molecular weight is 232 g/mol. The molecule has 1 N–H and O–H groups in total. The molecule has 0 heterocycles. The van der Waals surface area contributed by atoms with Crippen LogP contribution in [-0.2, 0) is 4.79 Å². The molecule has 2 atom stereocenters. The highest BCUT2D eigenvalue weighted by Gasteiger charge is 2.11. The van der Waals surface area contributed by atoms with Crippen LogP contribution in [0.5, 0.6) is 0 Å². The van der Waals surface area contributed by atoms with Gasteiger partial charge in [0, 0.05) is 19.1 Å². The van der Waals surface area contributed by atoms with Crippen LogP contribution in [0.1, 0.15) is 27.2 Å². The minimum absolute atomic E-state index is 0.0545. The van der Waals surface area contributed by atoms with E-state index in [4.69, 9.17) is 0 Å². The van der Waals surface area contributed by atoms with E-state index in [2.05, 4.69) is 31.1 Å². The first-order valence-electron chi connectivity index (χ1n) is 5.53. The summed E-state index contributed by atoms with van der Waals surface area (Å²) < 4.78 is 0. The van der Waals surface area contributed by atoms with Crippen molar-refractivity contribution in [3.63, 3.8) is 0 Å². The molecule has 0 saturated carbocycles. The molecule has 0 rings (SSSR count). The van der Waals surface area contributed by atoms with Gasteiger partial charge in [-0.1, -0.05) is 6.92 Å². The molecule has 0 radical (unpaired) electrons. The van der Waals surface area contributed by atoms with E-state index < -0.39 is 0 Å². The molecule has 0 aromatic heterocycles. The molecular formula is C11H24N2OS. The van der Waals surface area contributed by atoms with Crippen molar-refractivity contribution in [2.45, 2.75) is 38.5 Å². The van der Waals surface area contributed by atoms with Gasteiger partial charge in [-0.3, -0.25) is 4.79 Å². The van der Waals surface area contributed by atoms with Crippen molar-refractivity contribution in [2.75, 3.05) is 26.4 Å². The van der Waals surface area contributed by atoms with Crippen molar-refractivity contribution in [3.8, 4) is 0 Å². The lowest BCUT2D eigenvalue weighted by Gasteiger charge is -2.23. The third-order valence-electron chi connectivity index (χ3n) is 2.83. The predicted octanol–water partition coefficient (Wildman–Crippen LogP) is 1.58. The molecule has 0 saturated heterocycles. The average Bonchev–Trinajstić information content (AvgIpc) is 2.26. The van der Waals surface area contributed by atoms with Gasteiger partial charge in [-0.25, -0.2) is 0 Å². The monoisotopic (exact) mass is 232 g/mol. The zero-order valence-corrected chi connectivity index (χ0v) is 11.4. The first-order chi connectivity index (χ1) is 7.02. The first kappa shape index (κ1) is 14.8. The van der Waals surface area contributed by atoms with Crippen LogP contribution in [0.15, 0.2) is 0 Å². The van der Waals surface area contributed by atoms with Crippen LogP contribution < -0.4 is 5.32 Å². The first-order valence-corrected chi connectivity index (χ1v) is 6.82. The highest BCUT2D eigenvalue weighted by atomic mass is 32.2. The lowest BCUT2D eigenvalue weighted by atomic mass is 10.2. The highest BCUT2D eigenvalue weighted by molar-refractivity contribution is 7.99. The molecule has 0 aliphatic heterocycles. The van der Waals surface area contributed by atoms with Crippen molar-refractivity contribution in [2.24, 2.45) is 0 Å². The number of carbonyl (C=O) groups is 1. The Balaban J connectivity index is 3.65. The SMILES string of the molecule is CC[C@@H](C)N(C)CCNC(=O)[C@H](C)SC. The van der Waals surface area contributed by atoms with Crippen molar-refractivity contribution >= 4 is 17.7 Å². The van der Waals surface area contributed by atoms with Crippen LogP contribution in [-0.4, -0.2) is 48.5 Å². The number of rotatable bonds is 7. The Morgan fingerprint density at radius 3 is 2.53 bits per heavy atom. The molecular weight excluding hydrogens is 208 g/mol. The summed E-state index contributed by atoms with van der Waals surface area (Å²) in [7, 11) is 2.10. The summed E-state index contributed by atoms with van der Waals surface area (Å²) in [5.74, 6) is 0.139. The highest BCUT2D eigenvalue weighted by Crippen LogP contribution is 2.04. The van der Waals surface area contributed by atoms with Gasteiger partial charge in [0.05, 0.1) is 5.25 Å². The van der Waals surface area contributed by atoms with E-state index in [9.17, 15) is 4.79 Å². The van der Waals surface area contributed by atoms with Crippen molar-refractivity contribution in [1.29, 1.82) is 0 Å². The summed E-state index contributed by atoms with van der Waals surface area (Å²) >= 11 is 1.58. The van der Waals surface area contributed by atoms with Crippen LogP contribution in [0.25, 0.3) is 0 Å². The van der Waals surface area contributed by atoms with E-state index in [1.54, 1.807) is 11.8 Å². The second-order valence-electron chi connectivity index (χ2n) is 3.91. The molecule has 0 spiro atoms. The molecule has 1 amide bonds. The molecule has 90 valence electrons. The van der Waals surface area contributed by atoms with Gasteiger partial charge in [0.15, 0.2) is 0 Å². The second-order valence-corrected chi connectivity index (χ2v) is 5.09. The van der Waals surface area contributed by atoms with Gasteiger partial charge in [-0.15, -0.1) is 0 Å². The van der Waals surface area contributed by atoms with Gasteiger partial charge in [0.1, 0.15) is 0 Å². The summed E-state index contributed by atoms with van der Waals surface area (Å²) in [6, 6.07) is 0.583. The Kier molecular flexibility index (Phi) is 7.88. The Morgan fingerprint density at radius 2 is 2.07 bits per heavy atom. The molecule has 0 aliphatic carbocycles. The van der Waals surface area contributed by atoms with Gasteiger partial charge in [0.25, 0.3) is 0 Å². The lowest BCUT2D eigenvalue weighted by Crippen LogP contribution is -2.39. The topological polar surface area (TPSA) is 32.3 Å². The number of likely N-dealkylation sites (N-methyl/N-ethyl adjacent to an activating group) is 1. The summed E-state index contributed by atoms with van der Waals surface area (Å²) in [5.41, 5.74) is 0. The number of nitrogens with one attached hydrogen (secondary N) is 1. The Bertz CT molecular complexity index is 187. The maximum absolute atomic E-state index is 11.4. The van der Waals surface area contributed by atoms with Crippen molar-refractivity contribution in [3.05, 3.63) is 0 Å². The minimum atomic E-state index is 0.0545. The van der Waals surface area contributed by atoms with Gasteiger partial charge in [-0.2, -0.15) is 11.8 Å². The maximum Gasteiger partial charge on any atom is 0.232 e. The fourth-order valence-electron chi connectivity index (χ4n) is 1.14. The molecule has 3 nitrogen and oxygen atoms in total. The molecule has 0 aliphatic rings. The summed E-state index contributed by atoms with van der Waals surface area (Å²) in [5, 5.41) is 3.00. The van der Waals surface area contributed by atoms with Gasteiger partial charge in [-0.05, 0) is 33.6 Å². The van der Waals surface area contributed by atoms with Gasteiger partial charge in [0.2, 0.25) is 5.91 Å². The lowest BCUT2D eigenvalue weighted by molar-refractivity contribution is -0.120. The number of hydrogen-bond donors (Lipinski definition) is 1. The van der Waals surface area contributed by atoms with E-state index in [1.807, 2.05) is 13.2 Å².